The molecule has 0 aromatic rings. The zero-order chi connectivity index (χ0) is 23.0. The van der Waals surface area contributed by atoms with Gasteiger partial charge in [0.25, 0.3) is 0 Å². The van der Waals surface area contributed by atoms with E-state index >= 15 is 0 Å². The summed E-state index contributed by atoms with van der Waals surface area (Å²) in [5.41, 5.74) is -2.34. The molecular weight excluding hydrogens is 408 g/mol. The molecule has 0 aromatic heterocycles. The van der Waals surface area contributed by atoms with Crippen LogP contribution in [0.5, 0.6) is 0 Å². The van der Waals surface area contributed by atoms with Gasteiger partial charge in [0.2, 0.25) is 0 Å². The lowest BCUT2D eigenvalue weighted by Crippen LogP contribution is -2.56. The van der Waals surface area contributed by atoms with Crippen LogP contribution in [0.15, 0.2) is 34.9 Å². The predicted molar refractivity (Wildman–Crippen MR) is 104 cm³/mol. The molecule has 2 aliphatic carbocycles. The van der Waals surface area contributed by atoms with E-state index in [-0.39, 0.29) is 11.1 Å². The summed E-state index contributed by atoms with van der Waals surface area (Å²) in [6.45, 7) is 11.4. The summed E-state index contributed by atoms with van der Waals surface area (Å²) >= 11 is 0. The van der Waals surface area contributed by atoms with E-state index in [0.29, 0.717) is 11.1 Å². The quantitative estimate of drug-likeness (QED) is 0.214. The van der Waals surface area contributed by atoms with Crippen LogP contribution < -0.4 is 0 Å². The zero-order valence-electron chi connectivity index (χ0n) is 18.0. The Kier molecular flexibility index (Phi) is 4.73. The van der Waals surface area contributed by atoms with Crippen molar-refractivity contribution in [3.8, 4) is 0 Å². The Balaban J connectivity index is 1.91. The van der Waals surface area contributed by atoms with Crippen LogP contribution in [0.4, 0.5) is 0 Å². The van der Waals surface area contributed by atoms with Gasteiger partial charge in [-0.25, -0.2) is 9.59 Å². The highest BCUT2D eigenvalue weighted by atomic mass is 16.7. The van der Waals surface area contributed by atoms with Crippen LogP contribution in [0.2, 0.25) is 0 Å². The lowest BCUT2D eigenvalue weighted by molar-refractivity contribution is -0.164. The number of carbonyl (C=O) groups is 3. The molecular formula is C22H26O9. The Labute approximate surface area is 179 Å². The molecule has 168 valence electrons. The SMILES string of the molecule is C=C1C(=O)O[C@H]2[C@H]1[C@@H](O)[C@H](OC(=O)/C(C)=C\C)C(C)=C1[C@H](OC(C)=O)[C@H]3O[C@@]3(C)[C@@]12O. The highest BCUT2D eigenvalue weighted by Crippen LogP contribution is 2.65. The van der Waals surface area contributed by atoms with Crippen LogP contribution >= 0.6 is 0 Å². The summed E-state index contributed by atoms with van der Waals surface area (Å²) in [5.74, 6) is -3.10. The van der Waals surface area contributed by atoms with Gasteiger partial charge in [-0.1, -0.05) is 12.7 Å². The second kappa shape index (κ2) is 6.75. The van der Waals surface area contributed by atoms with Gasteiger partial charge in [-0.15, -0.1) is 0 Å². The average Bonchev–Trinajstić information content (AvgIpc) is 3.27. The summed E-state index contributed by atoms with van der Waals surface area (Å²) < 4.78 is 22.3. The van der Waals surface area contributed by atoms with E-state index < -0.39 is 65.5 Å². The summed E-state index contributed by atoms with van der Waals surface area (Å²) in [4.78, 5) is 36.7. The van der Waals surface area contributed by atoms with Gasteiger partial charge >= 0.3 is 17.9 Å². The van der Waals surface area contributed by atoms with Gasteiger partial charge in [0.05, 0.1) is 5.92 Å². The zero-order valence-corrected chi connectivity index (χ0v) is 18.0. The summed E-state index contributed by atoms with van der Waals surface area (Å²) in [6.07, 6.45) is -4.02. The molecule has 9 heteroatoms. The van der Waals surface area contributed by atoms with Gasteiger partial charge in [0, 0.05) is 23.6 Å². The fraction of sp³-hybridized carbons (Fsp3) is 0.591. The Morgan fingerprint density at radius 1 is 1.19 bits per heavy atom. The molecule has 3 fully saturated rings. The summed E-state index contributed by atoms with van der Waals surface area (Å²) in [7, 11) is 0. The first-order valence-electron chi connectivity index (χ1n) is 10.1. The van der Waals surface area contributed by atoms with Crippen LogP contribution in [-0.2, 0) is 33.3 Å². The molecule has 2 N–H and O–H groups in total. The Morgan fingerprint density at radius 3 is 2.42 bits per heavy atom. The lowest BCUT2D eigenvalue weighted by atomic mass is 9.76. The Morgan fingerprint density at radius 2 is 1.84 bits per heavy atom. The largest absolute Gasteiger partial charge is 0.455 e. The van der Waals surface area contributed by atoms with Crippen molar-refractivity contribution in [2.45, 2.75) is 76.3 Å². The maximum absolute atomic E-state index is 12.5. The van der Waals surface area contributed by atoms with Crippen molar-refractivity contribution in [3.63, 3.8) is 0 Å². The predicted octanol–water partition coefficient (Wildman–Crippen LogP) is 0.487. The van der Waals surface area contributed by atoms with Crippen molar-refractivity contribution >= 4 is 17.9 Å². The first kappa shape index (κ1) is 21.7. The van der Waals surface area contributed by atoms with Crippen molar-refractivity contribution < 1.29 is 43.5 Å². The van der Waals surface area contributed by atoms with E-state index in [2.05, 4.69) is 6.58 Å². The molecule has 0 unspecified atom stereocenters. The van der Waals surface area contributed by atoms with E-state index in [1.807, 2.05) is 0 Å². The molecule has 8 atom stereocenters. The Hall–Kier alpha value is -2.49. The fourth-order valence-corrected chi connectivity index (χ4v) is 5.18. The number of ether oxygens (including phenoxy) is 4. The molecule has 31 heavy (non-hydrogen) atoms. The Bertz CT molecular complexity index is 962. The van der Waals surface area contributed by atoms with Crippen LogP contribution in [0.1, 0.15) is 34.6 Å². The third-order valence-electron chi connectivity index (χ3n) is 7.03. The van der Waals surface area contributed by atoms with Crippen molar-refractivity contribution in [2.24, 2.45) is 5.92 Å². The van der Waals surface area contributed by atoms with Crippen LogP contribution in [0.25, 0.3) is 0 Å². The van der Waals surface area contributed by atoms with Gasteiger partial charge in [0.15, 0.2) is 11.7 Å². The molecule has 4 rings (SSSR count). The number of fused-ring (bicyclic) bond motifs is 5. The first-order valence-corrected chi connectivity index (χ1v) is 10.1. The second-order valence-electron chi connectivity index (χ2n) is 8.70. The van der Waals surface area contributed by atoms with E-state index in [9.17, 15) is 24.6 Å². The number of carbonyl (C=O) groups excluding carboxylic acids is 3. The van der Waals surface area contributed by atoms with Crippen molar-refractivity contribution in [1.29, 1.82) is 0 Å². The summed E-state index contributed by atoms with van der Waals surface area (Å²) in [5, 5.41) is 23.2. The van der Waals surface area contributed by atoms with E-state index in [1.165, 1.54) is 6.92 Å². The molecule has 2 heterocycles. The smallest absolute Gasteiger partial charge is 0.334 e. The molecule has 2 saturated heterocycles. The number of rotatable bonds is 3. The third-order valence-corrected chi connectivity index (χ3v) is 7.03. The van der Waals surface area contributed by atoms with Gasteiger partial charge in [0.1, 0.15) is 30.0 Å². The number of hydrogen-bond donors (Lipinski definition) is 2. The number of epoxide rings is 1. The number of allylic oxidation sites excluding steroid dienone is 1. The second-order valence-corrected chi connectivity index (χ2v) is 8.70. The summed E-state index contributed by atoms with van der Waals surface area (Å²) in [6, 6.07) is 0. The standard InChI is InChI=1S/C22H26O9/c1-7-8(2)19(25)29-15-10(4)13-16(28-11(5)23)18-21(6,31-18)22(13,27)17-12(14(15)24)9(3)20(26)30-17/h7,12,14-18,24,27H,3H2,1-2,4-6H3/b8-7-/t12-,14-,15-,16+,17+,18-,21-,22-/m1/s1. The average molecular weight is 434 g/mol. The van der Waals surface area contributed by atoms with Gasteiger partial charge in [-0.05, 0) is 33.3 Å². The molecule has 0 aromatic carbocycles. The molecule has 0 bridgehead atoms. The van der Waals surface area contributed by atoms with Crippen molar-refractivity contribution in [1.82, 2.24) is 0 Å². The molecule has 4 aliphatic rings. The van der Waals surface area contributed by atoms with Crippen molar-refractivity contribution in [3.05, 3.63) is 34.9 Å². The third kappa shape index (κ3) is 2.69. The minimum absolute atomic E-state index is 0.0412. The molecule has 1 saturated carbocycles. The minimum Gasteiger partial charge on any atom is -0.455 e. The van der Waals surface area contributed by atoms with E-state index in [4.69, 9.17) is 18.9 Å². The highest BCUT2D eigenvalue weighted by Gasteiger charge is 2.83. The fourth-order valence-electron chi connectivity index (χ4n) is 5.18. The van der Waals surface area contributed by atoms with Gasteiger partial charge < -0.3 is 29.2 Å². The maximum Gasteiger partial charge on any atom is 0.334 e. The number of esters is 3. The van der Waals surface area contributed by atoms with Gasteiger partial charge in [-0.3, -0.25) is 4.79 Å². The maximum atomic E-state index is 12.5. The van der Waals surface area contributed by atoms with E-state index in [0.717, 1.165) is 0 Å². The normalized spacial score (nSPS) is 43.5. The van der Waals surface area contributed by atoms with Crippen LogP contribution in [0.3, 0.4) is 0 Å². The van der Waals surface area contributed by atoms with Crippen LogP contribution in [-0.4, -0.2) is 69.8 Å². The molecule has 0 amide bonds. The number of hydrogen-bond acceptors (Lipinski definition) is 9. The number of aliphatic hydroxyl groups is 2. The monoisotopic (exact) mass is 434 g/mol. The van der Waals surface area contributed by atoms with Crippen LogP contribution in [0, 0.1) is 5.92 Å². The first-order chi connectivity index (χ1) is 14.4. The molecule has 0 spiro atoms. The van der Waals surface area contributed by atoms with E-state index in [1.54, 1.807) is 33.8 Å². The topological polar surface area (TPSA) is 132 Å². The highest BCUT2D eigenvalue weighted by molar-refractivity contribution is 5.92. The van der Waals surface area contributed by atoms with Crippen molar-refractivity contribution in [2.75, 3.05) is 0 Å². The molecule has 9 nitrogen and oxygen atoms in total. The van der Waals surface area contributed by atoms with Gasteiger partial charge in [-0.2, -0.15) is 0 Å². The minimum atomic E-state index is -1.92. The number of aliphatic hydroxyl groups excluding tert-OH is 1. The lowest BCUT2D eigenvalue weighted by Gasteiger charge is -2.38. The molecule has 2 aliphatic heterocycles. The molecule has 0 radical (unpaired) electrons.